The normalized spacial score (nSPS) is 13.2. The Morgan fingerprint density at radius 3 is 2.43 bits per heavy atom. The first-order valence-corrected chi connectivity index (χ1v) is 8.42. The van der Waals surface area contributed by atoms with Crippen LogP contribution in [0.3, 0.4) is 0 Å². The summed E-state index contributed by atoms with van der Waals surface area (Å²) in [5.74, 6) is 0.159. The quantitative estimate of drug-likeness (QED) is 0.586. The molecule has 0 bridgehead atoms. The van der Waals surface area contributed by atoms with E-state index in [1.807, 2.05) is 13.8 Å². The molecule has 2 N–H and O–H groups in total. The summed E-state index contributed by atoms with van der Waals surface area (Å²) in [4.78, 5) is 10.4. The fourth-order valence-electron chi connectivity index (χ4n) is 1.93. The summed E-state index contributed by atoms with van der Waals surface area (Å²) in [7, 11) is -3.50. The Morgan fingerprint density at radius 2 is 2.00 bits per heavy atom. The van der Waals surface area contributed by atoms with E-state index < -0.39 is 14.8 Å². The predicted molar refractivity (Wildman–Crippen MR) is 80.2 cm³/mol. The van der Waals surface area contributed by atoms with Gasteiger partial charge >= 0.3 is 0 Å². The molecule has 0 amide bonds. The molecule has 0 aliphatic rings. The van der Waals surface area contributed by atoms with Crippen LogP contribution in [0.5, 0.6) is 0 Å². The number of anilines is 1. The molecule has 1 unspecified atom stereocenters. The van der Waals surface area contributed by atoms with Crippen molar-refractivity contribution in [3.8, 4) is 0 Å². The van der Waals surface area contributed by atoms with Crippen molar-refractivity contribution in [2.45, 2.75) is 31.2 Å². The van der Waals surface area contributed by atoms with Crippen LogP contribution < -0.4 is 5.32 Å². The third-order valence-corrected chi connectivity index (χ3v) is 4.29. The van der Waals surface area contributed by atoms with Crippen LogP contribution in [0.25, 0.3) is 0 Å². The third-order valence-electron chi connectivity index (χ3n) is 3.18. The summed E-state index contributed by atoms with van der Waals surface area (Å²) in [6.45, 7) is 3.83. The van der Waals surface area contributed by atoms with Gasteiger partial charge in [0.1, 0.15) is 5.69 Å². The van der Waals surface area contributed by atoms with Crippen LogP contribution in [-0.4, -0.2) is 37.4 Å². The van der Waals surface area contributed by atoms with Crippen LogP contribution in [0.4, 0.5) is 11.4 Å². The van der Waals surface area contributed by atoms with E-state index in [2.05, 4.69) is 5.32 Å². The second kappa shape index (κ2) is 6.86. The molecule has 1 atom stereocenters. The zero-order chi connectivity index (χ0) is 16.2. The molecule has 0 fully saturated rings. The van der Waals surface area contributed by atoms with Gasteiger partial charge in [-0.05, 0) is 24.5 Å². The van der Waals surface area contributed by atoms with Crippen LogP contribution >= 0.6 is 0 Å². The molecular formula is C13H20N2O5S. The van der Waals surface area contributed by atoms with E-state index >= 15 is 0 Å². The first-order valence-electron chi connectivity index (χ1n) is 6.52. The van der Waals surface area contributed by atoms with E-state index in [0.717, 1.165) is 12.3 Å². The van der Waals surface area contributed by atoms with Crippen LogP contribution in [0, 0.1) is 16.0 Å². The third kappa shape index (κ3) is 4.68. The number of nitro groups is 1. The maximum Gasteiger partial charge on any atom is 0.293 e. The molecule has 21 heavy (non-hydrogen) atoms. The average Bonchev–Trinajstić information content (AvgIpc) is 2.36. The van der Waals surface area contributed by atoms with Crippen LogP contribution in [0.1, 0.15) is 20.3 Å². The second-order valence-corrected chi connectivity index (χ2v) is 7.23. The number of aliphatic hydroxyl groups excluding tert-OH is 1. The Hall–Kier alpha value is -1.67. The number of sulfone groups is 1. The highest BCUT2D eigenvalue weighted by Gasteiger charge is 2.21. The van der Waals surface area contributed by atoms with Gasteiger partial charge in [-0.2, -0.15) is 0 Å². The molecule has 0 aliphatic carbocycles. The maximum atomic E-state index is 11.5. The smallest absolute Gasteiger partial charge is 0.293 e. The zero-order valence-electron chi connectivity index (χ0n) is 12.2. The zero-order valence-corrected chi connectivity index (χ0v) is 13.1. The Morgan fingerprint density at radius 1 is 1.38 bits per heavy atom. The van der Waals surface area contributed by atoms with Crippen molar-refractivity contribution >= 4 is 21.2 Å². The lowest BCUT2D eigenvalue weighted by Gasteiger charge is -2.22. The first-order chi connectivity index (χ1) is 9.66. The highest BCUT2D eigenvalue weighted by molar-refractivity contribution is 7.90. The molecule has 1 aromatic carbocycles. The molecule has 1 rings (SSSR count). The number of hydrogen-bond donors (Lipinski definition) is 2. The van der Waals surface area contributed by atoms with E-state index in [0.29, 0.717) is 6.42 Å². The maximum absolute atomic E-state index is 11.5. The van der Waals surface area contributed by atoms with Crippen molar-refractivity contribution < 1.29 is 18.4 Å². The fraction of sp³-hybridized carbons (Fsp3) is 0.538. The monoisotopic (exact) mass is 316 g/mol. The number of aliphatic hydroxyl groups is 1. The van der Waals surface area contributed by atoms with Crippen molar-refractivity contribution in [3.63, 3.8) is 0 Å². The van der Waals surface area contributed by atoms with Crippen molar-refractivity contribution in [1.82, 2.24) is 0 Å². The molecule has 7 nitrogen and oxygen atoms in total. The summed E-state index contributed by atoms with van der Waals surface area (Å²) >= 11 is 0. The molecule has 0 aromatic heterocycles. The van der Waals surface area contributed by atoms with Crippen LogP contribution in [-0.2, 0) is 9.84 Å². The number of hydrogen-bond acceptors (Lipinski definition) is 6. The molecule has 0 aliphatic heterocycles. The van der Waals surface area contributed by atoms with Gasteiger partial charge in [0.05, 0.1) is 9.82 Å². The van der Waals surface area contributed by atoms with Gasteiger partial charge in [0.2, 0.25) is 0 Å². The SMILES string of the molecule is CC(C)C(CCO)Nc1ccc(S(C)(=O)=O)cc1[N+](=O)[O-]. The van der Waals surface area contributed by atoms with E-state index in [1.165, 1.54) is 12.1 Å². The molecular weight excluding hydrogens is 296 g/mol. The number of nitrogens with zero attached hydrogens (tertiary/aromatic N) is 1. The highest BCUT2D eigenvalue weighted by atomic mass is 32.2. The van der Waals surface area contributed by atoms with Crippen molar-refractivity contribution in [2.75, 3.05) is 18.2 Å². The van der Waals surface area contributed by atoms with Gasteiger partial charge in [-0.3, -0.25) is 10.1 Å². The van der Waals surface area contributed by atoms with Crippen LogP contribution in [0.2, 0.25) is 0 Å². The molecule has 0 heterocycles. The minimum absolute atomic E-state index is 0.0366. The molecule has 118 valence electrons. The molecule has 8 heteroatoms. The van der Waals surface area contributed by atoms with Crippen molar-refractivity contribution in [3.05, 3.63) is 28.3 Å². The van der Waals surface area contributed by atoms with E-state index in [-0.39, 0.29) is 34.8 Å². The summed E-state index contributed by atoms with van der Waals surface area (Å²) in [6, 6.07) is 3.63. The minimum atomic E-state index is -3.50. The Kier molecular flexibility index (Phi) is 5.68. The summed E-state index contributed by atoms with van der Waals surface area (Å²) in [5.41, 5.74) is -0.0407. The van der Waals surface area contributed by atoms with Gasteiger partial charge in [-0.25, -0.2) is 8.42 Å². The van der Waals surface area contributed by atoms with Gasteiger partial charge < -0.3 is 10.4 Å². The number of rotatable bonds is 7. The standard InChI is InChI=1S/C13H20N2O5S/c1-9(2)11(6-7-16)14-12-5-4-10(21(3,19)20)8-13(12)15(17)18/h4-5,8-9,11,14,16H,6-7H2,1-3H3. The van der Waals surface area contributed by atoms with Gasteiger partial charge in [0.25, 0.3) is 5.69 Å². The lowest BCUT2D eigenvalue weighted by molar-refractivity contribution is -0.384. The van der Waals surface area contributed by atoms with Crippen molar-refractivity contribution in [1.29, 1.82) is 0 Å². The van der Waals surface area contributed by atoms with Gasteiger partial charge in [-0.15, -0.1) is 0 Å². The van der Waals surface area contributed by atoms with E-state index in [4.69, 9.17) is 5.11 Å². The predicted octanol–water partition coefficient (Wildman–Crippen LogP) is 1.82. The number of nitrogens with one attached hydrogen (secondary N) is 1. The topological polar surface area (TPSA) is 110 Å². The first kappa shape index (κ1) is 17.4. The van der Waals surface area contributed by atoms with E-state index in [1.54, 1.807) is 0 Å². The van der Waals surface area contributed by atoms with Crippen LogP contribution in [0.15, 0.2) is 23.1 Å². The van der Waals surface area contributed by atoms with Crippen molar-refractivity contribution in [2.24, 2.45) is 5.92 Å². The largest absolute Gasteiger partial charge is 0.396 e. The lowest BCUT2D eigenvalue weighted by atomic mass is 10.0. The average molecular weight is 316 g/mol. The summed E-state index contributed by atoms with van der Waals surface area (Å²) < 4.78 is 23.0. The Balaban J connectivity index is 3.21. The molecule has 1 aromatic rings. The summed E-state index contributed by atoms with van der Waals surface area (Å²) in [6.07, 6.45) is 1.45. The van der Waals surface area contributed by atoms with Gasteiger partial charge in [0, 0.05) is 25.0 Å². The molecule has 0 saturated heterocycles. The molecule has 0 saturated carbocycles. The molecule has 0 spiro atoms. The lowest BCUT2D eigenvalue weighted by Crippen LogP contribution is -2.27. The number of benzene rings is 1. The molecule has 0 radical (unpaired) electrons. The van der Waals surface area contributed by atoms with E-state index in [9.17, 15) is 18.5 Å². The van der Waals surface area contributed by atoms with Gasteiger partial charge in [0.15, 0.2) is 9.84 Å². The highest BCUT2D eigenvalue weighted by Crippen LogP contribution is 2.29. The Labute approximate surface area is 124 Å². The second-order valence-electron chi connectivity index (χ2n) is 5.22. The van der Waals surface area contributed by atoms with Gasteiger partial charge in [-0.1, -0.05) is 13.8 Å². The number of nitro benzene ring substituents is 1. The minimum Gasteiger partial charge on any atom is -0.396 e. The Bertz CT molecular complexity index is 613. The fourth-order valence-corrected chi connectivity index (χ4v) is 2.57. The summed E-state index contributed by atoms with van der Waals surface area (Å²) in [5, 5.41) is 23.2.